The molecule has 0 saturated carbocycles. The Bertz CT molecular complexity index is 1750. The number of pyridine rings is 1. The van der Waals surface area contributed by atoms with Gasteiger partial charge in [0.2, 0.25) is 11.8 Å². The smallest absolute Gasteiger partial charge is 0.412 e. The lowest BCUT2D eigenvalue weighted by atomic mass is 10.1. The largest absolute Gasteiger partial charge is 0.481 e. The number of fused-ring (bicyclic) bond motifs is 2. The molecule has 2 atom stereocenters. The van der Waals surface area contributed by atoms with E-state index < -0.39 is 24.1 Å². The Hall–Kier alpha value is -4.62. The van der Waals surface area contributed by atoms with Crippen LogP contribution in [0.15, 0.2) is 48.8 Å². The molecule has 1 aliphatic rings. The van der Waals surface area contributed by atoms with Crippen LogP contribution in [0.2, 0.25) is 0 Å². The first kappa shape index (κ1) is 26.6. The predicted molar refractivity (Wildman–Crippen MR) is 149 cm³/mol. The topological polar surface area (TPSA) is 127 Å². The number of nitrogens with zero attached hydrogens (tertiary/aromatic N) is 4. The van der Waals surface area contributed by atoms with Crippen LogP contribution in [0.25, 0.3) is 31.8 Å². The van der Waals surface area contributed by atoms with Crippen LogP contribution in [-0.4, -0.2) is 65.7 Å². The Labute approximate surface area is 237 Å². The van der Waals surface area contributed by atoms with Gasteiger partial charge in [-0.05, 0) is 30.7 Å². The summed E-state index contributed by atoms with van der Waals surface area (Å²) in [6.07, 6.45) is 0.824. The zero-order chi connectivity index (χ0) is 28.5. The Morgan fingerprint density at radius 3 is 2.61 bits per heavy atom. The molecule has 1 amide bonds. The third-order valence-corrected chi connectivity index (χ3v) is 7.41. The first-order valence-electron chi connectivity index (χ1n) is 12.5. The fraction of sp³-hybridized carbons (Fsp3) is 0.250. The number of anilines is 1. The number of ether oxygens (including phenoxy) is 5. The van der Waals surface area contributed by atoms with Gasteiger partial charge in [-0.3, -0.25) is 5.32 Å². The van der Waals surface area contributed by atoms with Gasteiger partial charge in [-0.1, -0.05) is 0 Å². The molecule has 6 rings (SSSR count). The number of amides is 1. The zero-order valence-electron chi connectivity index (χ0n) is 22.2. The van der Waals surface area contributed by atoms with Crippen molar-refractivity contribution in [2.45, 2.75) is 19.1 Å². The Morgan fingerprint density at radius 2 is 1.83 bits per heavy atom. The van der Waals surface area contributed by atoms with Gasteiger partial charge in [-0.2, -0.15) is 0 Å². The highest BCUT2D eigenvalue weighted by Crippen LogP contribution is 2.37. The standard InChI is InChI=1S/C28H24FN5O6S/c1-14-6-16(26-19(7-14)33-25(37-3)11-31-26)27-34-18-8-17(29)20(9-23(18)41-27)39-21-12-38-13-22(21)40-28(35)32-15-4-5-24(36-2)30-10-15/h4-11,21-22H,12-13H2,1-3H3,(H,32,35)/t21-,22+/m0/s1. The van der Waals surface area contributed by atoms with Gasteiger partial charge in [0.05, 0.1) is 66.8 Å². The minimum atomic E-state index is -0.748. The first-order valence-corrected chi connectivity index (χ1v) is 13.4. The van der Waals surface area contributed by atoms with Crippen molar-refractivity contribution in [1.29, 1.82) is 0 Å². The molecule has 13 heteroatoms. The molecule has 4 heterocycles. The van der Waals surface area contributed by atoms with Crippen molar-refractivity contribution in [2.24, 2.45) is 0 Å². The Balaban J connectivity index is 1.21. The summed E-state index contributed by atoms with van der Waals surface area (Å²) in [5.41, 5.74) is 4.01. The summed E-state index contributed by atoms with van der Waals surface area (Å²) in [6, 6.07) is 10.0. The SMILES string of the molecule is COc1ccc(NC(=O)O[C@@H]2COC[C@@H]2Oc2cc3sc(-c4cc(C)cc5nc(OC)cnc45)nc3cc2F)cn1. The maximum Gasteiger partial charge on any atom is 0.412 e. The first-order chi connectivity index (χ1) is 19.9. The third-order valence-electron chi connectivity index (χ3n) is 6.36. The van der Waals surface area contributed by atoms with E-state index in [-0.39, 0.29) is 19.0 Å². The molecular formula is C28H24FN5O6S. The van der Waals surface area contributed by atoms with E-state index in [1.807, 2.05) is 19.1 Å². The molecule has 1 saturated heterocycles. The molecular weight excluding hydrogens is 553 g/mol. The van der Waals surface area contributed by atoms with E-state index in [1.165, 1.54) is 37.8 Å². The highest BCUT2D eigenvalue weighted by atomic mass is 32.1. The fourth-order valence-electron chi connectivity index (χ4n) is 4.40. The lowest BCUT2D eigenvalue weighted by Gasteiger charge is -2.20. The minimum absolute atomic E-state index is 0.00944. The van der Waals surface area contributed by atoms with Crippen LogP contribution >= 0.6 is 11.3 Å². The number of rotatable bonds is 7. The van der Waals surface area contributed by atoms with Crippen molar-refractivity contribution in [2.75, 3.05) is 32.8 Å². The molecule has 0 bridgehead atoms. The summed E-state index contributed by atoms with van der Waals surface area (Å²) < 4.78 is 43.0. The molecule has 41 heavy (non-hydrogen) atoms. The van der Waals surface area contributed by atoms with E-state index in [0.29, 0.717) is 43.7 Å². The van der Waals surface area contributed by atoms with Crippen molar-refractivity contribution < 1.29 is 32.9 Å². The molecule has 1 N–H and O–H groups in total. The molecule has 2 aromatic carbocycles. The Kier molecular flexibility index (Phi) is 7.20. The van der Waals surface area contributed by atoms with Crippen molar-refractivity contribution in [1.82, 2.24) is 19.9 Å². The van der Waals surface area contributed by atoms with Gasteiger partial charge in [0.1, 0.15) is 5.01 Å². The van der Waals surface area contributed by atoms with Gasteiger partial charge >= 0.3 is 6.09 Å². The number of thiazole rings is 1. The average molecular weight is 578 g/mol. The van der Waals surface area contributed by atoms with E-state index in [1.54, 1.807) is 24.4 Å². The molecule has 3 aromatic heterocycles. The van der Waals surface area contributed by atoms with Gasteiger partial charge in [0.25, 0.3) is 0 Å². The summed E-state index contributed by atoms with van der Waals surface area (Å²) in [7, 11) is 3.03. The van der Waals surface area contributed by atoms with Crippen molar-refractivity contribution in [3.05, 3.63) is 60.2 Å². The number of benzene rings is 2. The monoisotopic (exact) mass is 577 g/mol. The quantitative estimate of drug-likeness (QED) is 0.277. The van der Waals surface area contributed by atoms with Crippen LogP contribution in [0.1, 0.15) is 5.56 Å². The van der Waals surface area contributed by atoms with E-state index in [4.69, 9.17) is 23.7 Å². The van der Waals surface area contributed by atoms with Crippen LogP contribution in [0.5, 0.6) is 17.5 Å². The number of hydrogen-bond acceptors (Lipinski definition) is 11. The number of aryl methyl sites for hydroxylation is 1. The number of carbonyl (C=O) groups is 1. The maximum absolute atomic E-state index is 15.1. The number of nitrogens with one attached hydrogen (secondary N) is 1. The van der Waals surface area contributed by atoms with Gasteiger partial charge in [-0.25, -0.2) is 29.1 Å². The molecule has 1 fully saturated rings. The molecule has 1 aliphatic heterocycles. The van der Waals surface area contributed by atoms with E-state index in [2.05, 4.69) is 25.3 Å². The van der Waals surface area contributed by atoms with Crippen LogP contribution in [0, 0.1) is 12.7 Å². The lowest BCUT2D eigenvalue weighted by molar-refractivity contribution is 0.0498. The summed E-state index contributed by atoms with van der Waals surface area (Å²) >= 11 is 1.38. The highest BCUT2D eigenvalue weighted by Gasteiger charge is 2.34. The van der Waals surface area contributed by atoms with E-state index in [0.717, 1.165) is 11.1 Å². The highest BCUT2D eigenvalue weighted by molar-refractivity contribution is 7.21. The number of methoxy groups -OCH3 is 2. The Morgan fingerprint density at radius 1 is 1.00 bits per heavy atom. The number of halogens is 1. The van der Waals surface area contributed by atoms with Crippen molar-refractivity contribution in [3.8, 4) is 28.1 Å². The number of hydrogen-bond donors (Lipinski definition) is 1. The van der Waals surface area contributed by atoms with E-state index >= 15 is 4.39 Å². The summed E-state index contributed by atoms with van der Waals surface area (Å²) in [4.78, 5) is 30.2. The van der Waals surface area contributed by atoms with E-state index in [9.17, 15) is 4.79 Å². The predicted octanol–water partition coefficient (Wildman–Crippen LogP) is 5.16. The van der Waals surface area contributed by atoms with Crippen LogP contribution in [0.3, 0.4) is 0 Å². The molecule has 5 aromatic rings. The number of carbonyl (C=O) groups excluding carboxylic acids is 1. The van der Waals surface area contributed by atoms with Gasteiger partial charge in [0, 0.05) is 23.8 Å². The van der Waals surface area contributed by atoms with Gasteiger partial charge in [0.15, 0.2) is 23.8 Å². The molecule has 0 unspecified atom stereocenters. The van der Waals surface area contributed by atoms with Crippen molar-refractivity contribution in [3.63, 3.8) is 0 Å². The second kappa shape index (κ2) is 11.1. The molecule has 11 nitrogen and oxygen atoms in total. The van der Waals surface area contributed by atoms with Crippen LogP contribution < -0.4 is 19.5 Å². The summed E-state index contributed by atoms with van der Waals surface area (Å²) in [6.45, 7) is 2.20. The zero-order valence-corrected chi connectivity index (χ0v) is 23.0. The normalized spacial score (nSPS) is 16.6. The van der Waals surface area contributed by atoms with Gasteiger partial charge < -0.3 is 23.7 Å². The second-order valence-corrected chi connectivity index (χ2v) is 10.2. The second-order valence-electron chi connectivity index (χ2n) is 9.21. The maximum atomic E-state index is 15.1. The third kappa shape index (κ3) is 5.54. The van der Waals surface area contributed by atoms with Crippen LogP contribution in [0.4, 0.5) is 14.9 Å². The number of aromatic nitrogens is 4. The summed E-state index contributed by atoms with van der Waals surface area (Å²) in [5, 5.41) is 3.26. The summed E-state index contributed by atoms with van der Waals surface area (Å²) in [5.74, 6) is 0.244. The molecule has 0 spiro atoms. The van der Waals surface area contributed by atoms with Gasteiger partial charge in [-0.15, -0.1) is 11.3 Å². The van der Waals surface area contributed by atoms with Crippen LogP contribution in [-0.2, 0) is 9.47 Å². The minimum Gasteiger partial charge on any atom is -0.481 e. The lowest BCUT2D eigenvalue weighted by Crippen LogP contribution is -2.35. The molecule has 210 valence electrons. The average Bonchev–Trinajstić information content (AvgIpc) is 3.58. The molecule has 0 aliphatic carbocycles. The van der Waals surface area contributed by atoms with Crippen molar-refractivity contribution >= 4 is 44.4 Å². The fourth-order valence-corrected chi connectivity index (χ4v) is 5.40. The molecule has 0 radical (unpaired) electrons.